The highest BCUT2D eigenvalue weighted by Crippen LogP contribution is 2.27. The minimum atomic E-state index is 0.0249. The van der Waals surface area contributed by atoms with Gasteiger partial charge in [0.25, 0.3) is 0 Å². The van der Waals surface area contributed by atoms with E-state index in [0.717, 1.165) is 44.1 Å². The van der Waals surface area contributed by atoms with Gasteiger partial charge in [0, 0.05) is 31.6 Å². The maximum atomic E-state index is 12.3. The molecule has 0 aliphatic carbocycles. The largest absolute Gasteiger partial charge is 0.462 e. The van der Waals surface area contributed by atoms with Gasteiger partial charge < -0.3 is 13.9 Å². The highest BCUT2D eigenvalue weighted by molar-refractivity contribution is 7.71. The van der Waals surface area contributed by atoms with Crippen LogP contribution in [0.5, 0.6) is 0 Å². The number of aryl methyl sites for hydroxylation is 1. The summed E-state index contributed by atoms with van der Waals surface area (Å²) in [5.41, 5.74) is 0. The molecule has 1 amide bonds. The fourth-order valence-electron chi connectivity index (χ4n) is 3.11. The molecule has 0 atom stereocenters. The van der Waals surface area contributed by atoms with Gasteiger partial charge in [-0.2, -0.15) is 5.10 Å². The van der Waals surface area contributed by atoms with Crippen molar-refractivity contribution in [3.63, 3.8) is 0 Å². The number of furan rings is 1. The van der Waals surface area contributed by atoms with Crippen LogP contribution in [0.3, 0.4) is 0 Å². The van der Waals surface area contributed by atoms with Crippen molar-refractivity contribution in [1.82, 2.24) is 19.7 Å². The lowest BCUT2D eigenvalue weighted by Crippen LogP contribution is -2.37. The van der Waals surface area contributed by atoms with E-state index in [-0.39, 0.29) is 5.91 Å². The molecule has 0 saturated carbocycles. The quantitative estimate of drug-likeness (QED) is 0.681. The number of hydrogen-bond donors (Lipinski definition) is 1. The number of amides is 1. The Morgan fingerprint density at radius 3 is 2.83 bits per heavy atom. The van der Waals surface area contributed by atoms with Gasteiger partial charge in [0.05, 0.1) is 0 Å². The Kier molecular flexibility index (Phi) is 4.99. The predicted molar refractivity (Wildman–Crippen MR) is 94.1 cm³/mol. The van der Waals surface area contributed by atoms with E-state index in [9.17, 15) is 4.79 Å². The molecular weight excluding hydrogens is 324 g/mol. The first-order valence-corrected chi connectivity index (χ1v) is 8.68. The molecule has 1 aliphatic heterocycles. The second-order valence-corrected chi connectivity index (χ2v) is 6.40. The van der Waals surface area contributed by atoms with Crippen LogP contribution in [0.4, 0.5) is 0 Å². The summed E-state index contributed by atoms with van der Waals surface area (Å²) in [6.45, 7) is 6.22. The van der Waals surface area contributed by atoms with Crippen molar-refractivity contribution in [2.24, 2.45) is 0 Å². The molecule has 0 unspecified atom stereocenters. The van der Waals surface area contributed by atoms with Crippen molar-refractivity contribution in [3.05, 3.63) is 40.3 Å². The van der Waals surface area contributed by atoms with Crippen LogP contribution in [0.2, 0.25) is 0 Å². The summed E-state index contributed by atoms with van der Waals surface area (Å²) in [4.78, 5) is 14.2. The Morgan fingerprint density at radius 1 is 1.46 bits per heavy atom. The van der Waals surface area contributed by atoms with Gasteiger partial charge >= 0.3 is 0 Å². The number of nitrogens with one attached hydrogen (secondary N) is 1. The third-order valence-corrected chi connectivity index (χ3v) is 4.74. The molecule has 1 aliphatic rings. The summed E-state index contributed by atoms with van der Waals surface area (Å²) >= 11 is 5.25. The molecule has 1 N–H and O–H groups in total. The number of carbonyl (C=O) groups excluding carboxylic acids is 1. The van der Waals surface area contributed by atoms with Gasteiger partial charge in [-0.25, -0.2) is 0 Å². The summed E-state index contributed by atoms with van der Waals surface area (Å²) in [6, 6.07) is 3.74. The van der Waals surface area contributed by atoms with E-state index in [4.69, 9.17) is 16.6 Å². The number of aromatic amines is 1. The van der Waals surface area contributed by atoms with Gasteiger partial charge in [-0.3, -0.25) is 9.89 Å². The lowest BCUT2D eigenvalue weighted by molar-refractivity contribution is -0.127. The van der Waals surface area contributed by atoms with Crippen LogP contribution in [-0.4, -0.2) is 38.7 Å². The summed E-state index contributed by atoms with van der Waals surface area (Å²) in [6.07, 6.45) is 5.11. The molecular formula is C17H22N4O2S. The van der Waals surface area contributed by atoms with Gasteiger partial charge in [-0.1, -0.05) is 0 Å². The summed E-state index contributed by atoms with van der Waals surface area (Å²) in [5.74, 6) is 2.92. The number of aromatic nitrogens is 3. The first-order chi connectivity index (χ1) is 11.6. The van der Waals surface area contributed by atoms with E-state index in [1.54, 1.807) is 12.2 Å². The van der Waals surface area contributed by atoms with E-state index < -0.39 is 0 Å². The predicted octanol–water partition coefficient (Wildman–Crippen LogP) is 3.28. The molecule has 6 nitrogen and oxygen atoms in total. The molecule has 0 spiro atoms. The molecule has 2 aromatic heterocycles. The molecule has 24 heavy (non-hydrogen) atoms. The van der Waals surface area contributed by atoms with Gasteiger partial charge in [0.2, 0.25) is 5.91 Å². The zero-order valence-corrected chi connectivity index (χ0v) is 14.8. The van der Waals surface area contributed by atoms with Crippen molar-refractivity contribution in [3.8, 4) is 0 Å². The molecule has 2 aromatic rings. The Hall–Kier alpha value is -2.15. The van der Waals surface area contributed by atoms with Crippen LogP contribution in [0.25, 0.3) is 6.08 Å². The first kappa shape index (κ1) is 16.7. The van der Waals surface area contributed by atoms with Crippen molar-refractivity contribution in [2.75, 3.05) is 13.1 Å². The van der Waals surface area contributed by atoms with E-state index in [1.807, 2.05) is 28.5 Å². The van der Waals surface area contributed by atoms with Crippen molar-refractivity contribution >= 4 is 24.2 Å². The maximum Gasteiger partial charge on any atom is 0.246 e. The number of likely N-dealkylation sites (tertiary alicyclic amines) is 1. The third-order valence-electron chi connectivity index (χ3n) is 4.43. The summed E-state index contributed by atoms with van der Waals surface area (Å²) in [7, 11) is 0. The van der Waals surface area contributed by atoms with Crippen molar-refractivity contribution in [2.45, 2.75) is 39.2 Å². The van der Waals surface area contributed by atoms with Crippen molar-refractivity contribution < 1.29 is 9.21 Å². The van der Waals surface area contributed by atoms with Crippen molar-refractivity contribution in [1.29, 1.82) is 0 Å². The van der Waals surface area contributed by atoms with Crippen LogP contribution in [0.15, 0.2) is 22.6 Å². The van der Waals surface area contributed by atoms with Crippen LogP contribution >= 0.6 is 12.2 Å². The molecule has 3 heterocycles. The molecule has 0 aromatic carbocycles. The average molecular weight is 346 g/mol. The number of hydrogen-bond acceptors (Lipinski definition) is 4. The van der Waals surface area contributed by atoms with Crippen LogP contribution in [0, 0.1) is 11.7 Å². The molecule has 3 rings (SSSR count). The minimum Gasteiger partial charge on any atom is -0.462 e. The third kappa shape index (κ3) is 3.51. The zero-order chi connectivity index (χ0) is 17.1. The monoisotopic (exact) mass is 346 g/mol. The summed E-state index contributed by atoms with van der Waals surface area (Å²) < 4.78 is 8.15. The Bertz CT molecular complexity index is 794. The molecule has 0 radical (unpaired) electrons. The smallest absolute Gasteiger partial charge is 0.246 e. The second-order valence-electron chi connectivity index (χ2n) is 6.01. The van der Waals surface area contributed by atoms with Gasteiger partial charge in [0.15, 0.2) is 4.77 Å². The highest BCUT2D eigenvalue weighted by Gasteiger charge is 2.26. The fraction of sp³-hybridized carbons (Fsp3) is 0.471. The maximum absolute atomic E-state index is 12.3. The molecule has 7 heteroatoms. The Balaban J connectivity index is 1.59. The van der Waals surface area contributed by atoms with E-state index in [2.05, 4.69) is 17.1 Å². The average Bonchev–Trinajstić information content (AvgIpc) is 3.18. The van der Waals surface area contributed by atoms with Gasteiger partial charge in [0.1, 0.15) is 17.3 Å². The number of nitrogens with zero attached hydrogens (tertiary/aromatic N) is 3. The highest BCUT2D eigenvalue weighted by atomic mass is 32.1. The molecule has 1 fully saturated rings. The Labute approximate surface area is 146 Å². The first-order valence-electron chi connectivity index (χ1n) is 8.27. The van der Waals surface area contributed by atoms with Gasteiger partial charge in [-0.05, 0) is 57.1 Å². The number of piperidine rings is 1. The standard InChI is InChI=1S/C17H22N4O2S/c1-3-21-16(18-19-17(21)24)13-8-10-20(11-9-13)15(22)7-6-14-5-4-12(2)23-14/h4-7,13H,3,8-11H2,1-2H3,(H,19,24). The zero-order valence-electron chi connectivity index (χ0n) is 14.0. The number of carbonyl (C=O) groups is 1. The van der Waals surface area contributed by atoms with E-state index >= 15 is 0 Å². The summed E-state index contributed by atoms with van der Waals surface area (Å²) in [5, 5.41) is 7.25. The van der Waals surface area contributed by atoms with Crippen LogP contribution < -0.4 is 0 Å². The fourth-order valence-corrected chi connectivity index (χ4v) is 3.38. The molecule has 0 bridgehead atoms. The lowest BCUT2D eigenvalue weighted by Gasteiger charge is -2.30. The minimum absolute atomic E-state index is 0.0249. The lowest BCUT2D eigenvalue weighted by atomic mass is 9.96. The normalized spacial score (nSPS) is 16.2. The van der Waals surface area contributed by atoms with Crippen LogP contribution in [0.1, 0.15) is 43.0 Å². The SMILES string of the molecule is CCn1c(C2CCN(C(=O)C=Cc3ccc(C)o3)CC2)n[nH]c1=S. The molecule has 1 saturated heterocycles. The Morgan fingerprint density at radius 2 is 2.21 bits per heavy atom. The number of rotatable bonds is 4. The van der Waals surface area contributed by atoms with E-state index in [0.29, 0.717) is 16.4 Å². The second kappa shape index (κ2) is 7.17. The van der Waals surface area contributed by atoms with Crippen LogP contribution in [-0.2, 0) is 11.3 Å². The molecule has 128 valence electrons. The topological polar surface area (TPSA) is 67.1 Å². The number of H-pyrrole nitrogens is 1. The van der Waals surface area contributed by atoms with Gasteiger partial charge in [-0.15, -0.1) is 0 Å². The van der Waals surface area contributed by atoms with E-state index in [1.165, 1.54) is 0 Å².